The van der Waals surface area contributed by atoms with Crippen LogP contribution in [0.25, 0.3) is 0 Å². The molecule has 3 rings (SSSR count). The van der Waals surface area contributed by atoms with Gasteiger partial charge in [-0.15, -0.1) is 10.2 Å². The number of carbonyl (C=O) groups excluding carboxylic acids is 2. The highest BCUT2D eigenvalue weighted by Crippen LogP contribution is 2.32. The molecular formula is C18H21N3O5S2. The Kier molecular flexibility index (Phi) is 6.84. The number of amides is 1. The number of hydrogen-bond acceptors (Lipinski definition) is 9. The van der Waals surface area contributed by atoms with Crippen molar-refractivity contribution >= 4 is 40.1 Å². The summed E-state index contributed by atoms with van der Waals surface area (Å²) in [6, 6.07) is 1.30. The van der Waals surface area contributed by atoms with Gasteiger partial charge in [0.15, 0.2) is 4.34 Å². The first-order chi connectivity index (χ1) is 13.5. The number of anilines is 1. The van der Waals surface area contributed by atoms with Crippen LogP contribution in [0.1, 0.15) is 45.3 Å². The number of nitrogens with one attached hydrogen (secondary N) is 1. The van der Waals surface area contributed by atoms with Gasteiger partial charge in [0.2, 0.25) is 22.2 Å². The average molecular weight is 424 g/mol. The Bertz CT molecular complexity index is 903. The molecule has 1 aliphatic rings. The van der Waals surface area contributed by atoms with Gasteiger partial charge in [-0.1, -0.05) is 36.9 Å². The summed E-state index contributed by atoms with van der Waals surface area (Å²) in [6.45, 7) is 3.79. The van der Waals surface area contributed by atoms with Crippen molar-refractivity contribution < 1.29 is 18.7 Å². The van der Waals surface area contributed by atoms with Gasteiger partial charge in [0.1, 0.15) is 12.0 Å². The Labute approximate surface area is 170 Å². The zero-order valence-electron chi connectivity index (χ0n) is 15.6. The zero-order chi connectivity index (χ0) is 20.1. The van der Waals surface area contributed by atoms with Crippen LogP contribution in [0.15, 0.2) is 25.9 Å². The summed E-state index contributed by atoms with van der Waals surface area (Å²) < 4.78 is 11.2. The van der Waals surface area contributed by atoms with Crippen molar-refractivity contribution in [3.05, 3.63) is 28.3 Å². The maximum absolute atomic E-state index is 12.2. The Morgan fingerprint density at radius 3 is 2.75 bits per heavy atom. The lowest BCUT2D eigenvalue weighted by molar-refractivity contribution is -0.139. The maximum Gasteiger partial charge on any atom is 0.314 e. The second-order valence-corrected chi connectivity index (χ2v) is 8.63. The molecular weight excluding hydrogens is 402 g/mol. The zero-order valence-corrected chi connectivity index (χ0v) is 17.2. The molecule has 0 aliphatic heterocycles. The van der Waals surface area contributed by atoms with Crippen molar-refractivity contribution in [3.8, 4) is 5.75 Å². The largest absolute Gasteiger partial charge is 0.464 e. The molecule has 10 heteroatoms. The van der Waals surface area contributed by atoms with E-state index in [-0.39, 0.29) is 23.5 Å². The van der Waals surface area contributed by atoms with Crippen molar-refractivity contribution in [2.24, 2.45) is 11.8 Å². The van der Waals surface area contributed by atoms with Crippen molar-refractivity contribution in [2.75, 3.05) is 5.32 Å². The molecule has 8 nitrogen and oxygen atoms in total. The van der Waals surface area contributed by atoms with Gasteiger partial charge >= 0.3 is 5.97 Å². The molecule has 1 aliphatic carbocycles. The minimum Gasteiger partial charge on any atom is -0.464 e. The summed E-state index contributed by atoms with van der Waals surface area (Å²) in [5.41, 5.74) is -0.407. The first-order valence-corrected chi connectivity index (χ1v) is 10.9. The van der Waals surface area contributed by atoms with Crippen molar-refractivity contribution in [1.29, 1.82) is 0 Å². The van der Waals surface area contributed by atoms with E-state index in [1.54, 1.807) is 0 Å². The molecule has 0 radical (unpaired) electrons. The monoisotopic (exact) mass is 423 g/mol. The summed E-state index contributed by atoms with van der Waals surface area (Å²) in [6.07, 6.45) is 4.32. The molecule has 0 unspecified atom stereocenters. The van der Waals surface area contributed by atoms with Gasteiger partial charge < -0.3 is 14.5 Å². The number of esters is 1. The predicted octanol–water partition coefficient (Wildman–Crippen LogP) is 3.47. The molecule has 2 aromatic heterocycles. The van der Waals surface area contributed by atoms with Crippen LogP contribution in [0.4, 0.5) is 5.13 Å². The summed E-state index contributed by atoms with van der Waals surface area (Å²) in [5, 5.41) is 11.2. The van der Waals surface area contributed by atoms with E-state index in [1.165, 1.54) is 35.4 Å². The van der Waals surface area contributed by atoms with Crippen LogP contribution in [0, 0.1) is 11.8 Å². The van der Waals surface area contributed by atoms with Gasteiger partial charge in [0.25, 0.3) is 0 Å². The highest BCUT2D eigenvalue weighted by atomic mass is 32.2. The minimum atomic E-state index is -0.422. The quantitative estimate of drug-likeness (QED) is 0.371. The topological polar surface area (TPSA) is 111 Å². The summed E-state index contributed by atoms with van der Waals surface area (Å²) >= 11 is 2.61. The third-order valence-electron chi connectivity index (χ3n) is 4.30. The fourth-order valence-corrected chi connectivity index (χ4v) is 4.05. The second-order valence-electron chi connectivity index (χ2n) is 6.43. The highest BCUT2D eigenvalue weighted by molar-refractivity contribution is 8.00. The van der Waals surface area contributed by atoms with E-state index >= 15 is 0 Å². The first kappa shape index (κ1) is 20.5. The lowest BCUT2D eigenvalue weighted by Crippen LogP contribution is -2.22. The van der Waals surface area contributed by atoms with Gasteiger partial charge in [-0.25, -0.2) is 0 Å². The molecule has 2 aromatic rings. The molecule has 1 saturated carbocycles. The van der Waals surface area contributed by atoms with Crippen molar-refractivity contribution in [3.63, 3.8) is 0 Å². The SMILES string of the molecule is CCC(CC)C(=O)Oc1coc(CSc2nnc(NC(=O)C3CC3)s2)cc1=O. The van der Waals surface area contributed by atoms with Crippen LogP contribution in [-0.4, -0.2) is 22.1 Å². The maximum atomic E-state index is 12.2. The van der Waals surface area contributed by atoms with E-state index in [9.17, 15) is 14.4 Å². The molecule has 1 N–H and O–H groups in total. The van der Waals surface area contributed by atoms with Gasteiger partial charge in [-0.3, -0.25) is 14.4 Å². The van der Waals surface area contributed by atoms with Crippen LogP contribution in [-0.2, 0) is 15.3 Å². The Morgan fingerprint density at radius 1 is 1.36 bits per heavy atom. The molecule has 1 fully saturated rings. The molecule has 0 saturated heterocycles. The smallest absolute Gasteiger partial charge is 0.314 e. The van der Waals surface area contributed by atoms with E-state index in [4.69, 9.17) is 9.15 Å². The molecule has 0 bridgehead atoms. The fraction of sp³-hybridized carbons (Fsp3) is 0.500. The number of rotatable bonds is 9. The summed E-state index contributed by atoms with van der Waals surface area (Å²) in [7, 11) is 0. The number of thioether (sulfide) groups is 1. The number of carbonyl (C=O) groups is 2. The molecule has 1 amide bonds. The molecule has 0 aromatic carbocycles. The fourth-order valence-electron chi connectivity index (χ4n) is 2.41. The molecule has 150 valence electrons. The first-order valence-electron chi connectivity index (χ1n) is 9.10. The van der Waals surface area contributed by atoms with E-state index in [0.29, 0.717) is 33.8 Å². The van der Waals surface area contributed by atoms with Crippen LogP contribution in [0.2, 0.25) is 0 Å². The Morgan fingerprint density at radius 2 is 2.11 bits per heavy atom. The number of nitrogens with zero attached hydrogens (tertiary/aromatic N) is 2. The van der Waals surface area contributed by atoms with Crippen molar-refractivity contribution in [1.82, 2.24) is 10.2 Å². The summed E-state index contributed by atoms with van der Waals surface area (Å²) in [4.78, 5) is 35.9. The number of ether oxygens (including phenoxy) is 1. The normalized spacial score (nSPS) is 13.5. The van der Waals surface area contributed by atoms with Crippen LogP contribution >= 0.6 is 23.1 Å². The van der Waals surface area contributed by atoms with E-state index in [1.807, 2.05) is 13.8 Å². The summed E-state index contributed by atoms with van der Waals surface area (Å²) in [5.74, 6) is 0.115. The standard InChI is InChI=1S/C18H21N3O5S2/c1-3-10(4-2)16(24)26-14-8-25-12(7-13(14)22)9-27-18-21-20-17(28-18)19-15(23)11-5-6-11/h7-8,10-11H,3-6,9H2,1-2H3,(H,19,20,23). The van der Waals surface area contributed by atoms with Crippen LogP contribution in [0.5, 0.6) is 5.75 Å². The van der Waals surface area contributed by atoms with Gasteiger partial charge in [-0.2, -0.15) is 0 Å². The number of aromatic nitrogens is 2. The average Bonchev–Trinajstić information content (AvgIpc) is 3.44. The molecule has 28 heavy (non-hydrogen) atoms. The lowest BCUT2D eigenvalue weighted by atomic mass is 10.0. The Balaban J connectivity index is 1.54. The third kappa shape index (κ3) is 5.41. The van der Waals surface area contributed by atoms with Crippen molar-refractivity contribution in [2.45, 2.75) is 49.6 Å². The van der Waals surface area contributed by atoms with Gasteiger partial charge in [0, 0.05) is 12.0 Å². The van der Waals surface area contributed by atoms with E-state index in [2.05, 4.69) is 15.5 Å². The lowest BCUT2D eigenvalue weighted by Gasteiger charge is -2.10. The minimum absolute atomic E-state index is 0.0165. The molecule has 0 spiro atoms. The molecule has 0 atom stereocenters. The molecule has 2 heterocycles. The van der Waals surface area contributed by atoms with E-state index < -0.39 is 11.4 Å². The van der Waals surface area contributed by atoms with Crippen LogP contribution in [0.3, 0.4) is 0 Å². The second kappa shape index (κ2) is 9.33. The van der Waals surface area contributed by atoms with Crippen LogP contribution < -0.4 is 15.5 Å². The highest BCUT2D eigenvalue weighted by Gasteiger charge is 2.30. The van der Waals surface area contributed by atoms with Gasteiger partial charge in [0.05, 0.1) is 11.7 Å². The predicted molar refractivity (Wildman–Crippen MR) is 106 cm³/mol. The number of hydrogen-bond donors (Lipinski definition) is 1. The third-order valence-corrected chi connectivity index (χ3v) is 6.30. The Hall–Kier alpha value is -2.20. The van der Waals surface area contributed by atoms with E-state index in [0.717, 1.165) is 12.8 Å². The van der Waals surface area contributed by atoms with Gasteiger partial charge in [-0.05, 0) is 25.7 Å².